The molecule has 0 aliphatic carbocycles. The predicted molar refractivity (Wildman–Crippen MR) is 61.0 cm³/mol. The van der Waals surface area contributed by atoms with Gasteiger partial charge in [-0.1, -0.05) is 18.2 Å². The number of hydrogen-bond acceptors (Lipinski definition) is 3. The standard InChI is InChI=1S/C12H16N2O/c1-9(15)11(13)8-14-7-6-10-4-2-3-5-12(10)14/h2-5,11H,6-8,13H2,1H3. The van der Waals surface area contributed by atoms with Gasteiger partial charge in [-0.2, -0.15) is 0 Å². The van der Waals surface area contributed by atoms with Crippen molar-refractivity contribution < 1.29 is 4.79 Å². The Morgan fingerprint density at radius 1 is 1.53 bits per heavy atom. The molecule has 0 saturated heterocycles. The molecule has 1 aromatic rings. The molecule has 0 radical (unpaired) electrons. The molecule has 1 aliphatic heterocycles. The fourth-order valence-electron chi connectivity index (χ4n) is 1.96. The third-order valence-electron chi connectivity index (χ3n) is 2.92. The molecule has 0 spiro atoms. The average Bonchev–Trinajstić information content (AvgIpc) is 2.62. The number of ketones is 1. The van der Waals surface area contributed by atoms with E-state index < -0.39 is 0 Å². The first-order valence-electron chi connectivity index (χ1n) is 5.27. The van der Waals surface area contributed by atoms with Crippen LogP contribution in [0.15, 0.2) is 24.3 Å². The normalized spacial score (nSPS) is 16.3. The zero-order chi connectivity index (χ0) is 10.8. The first kappa shape index (κ1) is 10.2. The Kier molecular flexibility index (Phi) is 2.73. The molecule has 80 valence electrons. The van der Waals surface area contributed by atoms with Gasteiger partial charge >= 0.3 is 0 Å². The van der Waals surface area contributed by atoms with Crippen LogP contribution in [0, 0.1) is 0 Å². The number of hydrogen-bond donors (Lipinski definition) is 1. The third-order valence-corrected chi connectivity index (χ3v) is 2.92. The summed E-state index contributed by atoms with van der Waals surface area (Å²) in [5, 5.41) is 0. The quantitative estimate of drug-likeness (QED) is 0.798. The minimum atomic E-state index is -0.365. The molecule has 1 aliphatic rings. The zero-order valence-corrected chi connectivity index (χ0v) is 8.94. The van der Waals surface area contributed by atoms with Crippen LogP contribution in [0.3, 0.4) is 0 Å². The van der Waals surface area contributed by atoms with Gasteiger partial charge in [-0.25, -0.2) is 0 Å². The molecule has 3 nitrogen and oxygen atoms in total. The molecule has 0 amide bonds. The summed E-state index contributed by atoms with van der Waals surface area (Å²) in [5.41, 5.74) is 8.35. The lowest BCUT2D eigenvalue weighted by atomic mass is 10.1. The number of carbonyl (C=O) groups excluding carboxylic acids is 1. The molecule has 1 unspecified atom stereocenters. The van der Waals surface area contributed by atoms with E-state index in [1.54, 1.807) is 6.92 Å². The van der Waals surface area contributed by atoms with Gasteiger partial charge in [0.1, 0.15) is 5.78 Å². The molecule has 2 rings (SSSR count). The molecule has 0 bridgehead atoms. The van der Waals surface area contributed by atoms with Gasteiger partial charge in [0.05, 0.1) is 6.04 Å². The molecule has 1 heterocycles. The summed E-state index contributed by atoms with van der Waals surface area (Å²) < 4.78 is 0. The van der Waals surface area contributed by atoms with Crippen molar-refractivity contribution in [1.29, 1.82) is 0 Å². The average molecular weight is 204 g/mol. The second-order valence-electron chi connectivity index (χ2n) is 4.04. The molecule has 1 aromatic carbocycles. The van der Waals surface area contributed by atoms with Crippen LogP contribution in [0.4, 0.5) is 5.69 Å². The van der Waals surface area contributed by atoms with E-state index in [2.05, 4.69) is 17.0 Å². The Hall–Kier alpha value is -1.35. The molecule has 1 atom stereocenters. The van der Waals surface area contributed by atoms with Crippen molar-refractivity contribution in [3.05, 3.63) is 29.8 Å². The number of rotatable bonds is 3. The van der Waals surface area contributed by atoms with Gasteiger partial charge in [0, 0.05) is 18.8 Å². The maximum atomic E-state index is 11.1. The number of anilines is 1. The monoisotopic (exact) mass is 204 g/mol. The first-order valence-corrected chi connectivity index (χ1v) is 5.27. The number of benzene rings is 1. The Morgan fingerprint density at radius 3 is 3.00 bits per heavy atom. The van der Waals surface area contributed by atoms with Gasteiger partial charge in [0.2, 0.25) is 0 Å². The van der Waals surface area contributed by atoms with E-state index in [0.717, 1.165) is 13.0 Å². The lowest BCUT2D eigenvalue weighted by molar-refractivity contribution is -0.118. The van der Waals surface area contributed by atoms with E-state index in [1.165, 1.54) is 11.3 Å². The summed E-state index contributed by atoms with van der Waals surface area (Å²) in [6, 6.07) is 7.93. The Morgan fingerprint density at radius 2 is 2.27 bits per heavy atom. The summed E-state index contributed by atoms with van der Waals surface area (Å²) in [6.07, 6.45) is 1.06. The number of carbonyl (C=O) groups is 1. The van der Waals surface area contributed by atoms with Crippen molar-refractivity contribution in [2.45, 2.75) is 19.4 Å². The lowest BCUT2D eigenvalue weighted by Gasteiger charge is -2.22. The topological polar surface area (TPSA) is 46.3 Å². The Bertz CT molecular complexity index is 376. The van der Waals surface area contributed by atoms with E-state index in [-0.39, 0.29) is 11.8 Å². The third kappa shape index (κ3) is 2.02. The van der Waals surface area contributed by atoms with Crippen LogP contribution in [-0.2, 0) is 11.2 Å². The van der Waals surface area contributed by atoms with E-state index >= 15 is 0 Å². The number of Topliss-reactive ketones (excluding diaryl/α,β-unsaturated/α-hetero) is 1. The SMILES string of the molecule is CC(=O)C(N)CN1CCc2ccccc21. The van der Waals surface area contributed by atoms with E-state index in [4.69, 9.17) is 5.73 Å². The van der Waals surface area contributed by atoms with Crippen LogP contribution in [0.5, 0.6) is 0 Å². The fourth-order valence-corrected chi connectivity index (χ4v) is 1.96. The van der Waals surface area contributed by atoms with Gasteiger partial charge in [0.25, 0.3) is 0 Å². The molecule has 0 fully saturated rings. The molecular formula is C12H16N2O. The second kappa shape index (κ2) is 4.03. The van der Waals surface area contributed by atoms with Crippen LogP contribution >= 0.6 is 0 Å². The van der Waals surface area contributed by atoms with Crippen molar-refractivity contribution >= 4 is 11.5 Å². The van der Waals surface area contributed by atoms with Gasteiger partial charge in [0.15, 0.2) is 0 Å². The van der Waals surface area contributed by atoms with Gasteiger partial charge in [-0.15, -0.1) is 0 Å². The summed E-state index contributed by atoms with van der Waals surface area (Å²) in [7, 11) is 0. The van der Waals surface area contributed by atoms with Crippen LogP contribution in [-0.4, -0.2) is 24.9 Å². The highest BCUT2D eigenvalue weighted by molar-refractivity contribution is 5.82. The van der Waals surface area contributed by atoms with Crippen LogP contribution in [0.25, 0.3) is 0 Å². The largest absolute Gasteiger partial charge is 0.369 e. The summed E-state index contributed by atoms with van der Waals surface area (Å²) >= 11 is 0. The van der Waals surface area contributed by atoms with Crippen LogP contribution in [0.2, 0.25) is 0 Å². The lowest BCUT2D eigenvalue weighted by Crippen LogP contribution is -2.41. The summed E-state index contributed by atoms with van der Waals surface area (Å²) in [5.74, 6) is 0.0550. The van der Waals surface area contributed by atoms with Crippen molar-refractivity contribution in [1.82, 2.24) is 0 Å². The predicted octanol–water partition coefficient (Wildman–Crippen LogP) is 0.965. The molecule has 0 aromatic heterocycles. The smallest absolute Gasteiger partial charge is 0.148 e. The van der Waals surface area contributed by atoms with E-state index in [1.807, 2.05) is 12.1 Å². The minimum absolute atomic E-state index is 0.0550. The molecule has 2 N–H and O–H groups in total. The highest BCUT2D eigenvalue weighted by Crippen LogP contribution is 2.27. The van der Waals surface area contributed by atoms with Gasteiger partial charge in [-0.05, 0) is 25.0 Å². The fraction of sp³-hybridized carbons (Fsp3) is 0.417. The zero-order valence-electron chi connectivity index (χ0n) is 8.94. The van der Waals surface area contributed by atoms with Crippen molar-refractivity contribution in [2.24, 2.45) is 5.73 Å². The van der Waals surface area contributed by atoms with Gasteiger partial charge in [-0.3, -0.25) is 4.79 Å². The number of fused-ring (bicyclic) bond motifs is 1. The highest BCUT2D eigenvalue weighted by atomic mass is 16.1. The summed E-state index contributed by atoms with van der Waals surface area (Å²) in [6.45, 7) is 3.15. The first-order chi connectivity index (χ1) is 7.18. The number of nitrogens with zero attached hydrogens (tertiary/aromatic N) is 1. The molecule has 3 heteroatoms. The Labute approximate surface area is 89.9 Å². The maximum absolute atomic E-state index is 11.1. The van der Waals surface area contributed by atoms with E-state index in [9.17, 15) is 4.79 Å². The highest BCUT2D eigenvalue weighted by Gasteiger charge is 2.21. The van der Waals surface area contributed by atoms with Crippen LogP contribution in [0.1, 0.15) is 12.5 Å². The minimum Gasteiger partial charge on any atom is -0.369 e. The van der Waals surface area contributed by atoms with E-state index in [0.29, 0.717) is 6.54 Å². The number of para-hydroxylation sites is 1. The molecule has 15 heavy (non-hydrogen) atoms. The second-order valence-corrected chi connectivity index (χ2v) is 4.04. The number of nitrogens with two attached hydrogens (primary N) is 1. The van der Waals surface area contributed by atoms with Crippen molar-refractivity contribution in [3.63, 3.8) is 0 Å². The van der Waals surface area contributed by atoms with Crippen molar-refractivity contribution in [2.75, 3.05) is 18.0 Å². The summed E-state index contributed by atoms with van der Waals surface area (Å²) in [4.78, 5) is 13.3. The van der Waals surface area contributed by atoms with Crippen molar-refractivity contribution in [3.8, 4) is 0 Å². The molecule has 0 saturated carbocycles. The Balaban J connectivity index is 2.11. The molecular weight excluding hydrogens is 188 g/mol. The van der Waals surface area contributed by atoms with Crippen LogP contribution < -0.4 is 10.6 Å². The van der Waals surface area contributed by atoms with Gasteiger partial charge < -0.3 is 10.6 Å². The maximum Gasteiger partial charge on any atom is 0.148 e.